The van der Waals surface area contributed by atoms with Gasteiger partial charge in [-0.15, -0.1) is 0 Å². The second kappa shape index (κ2) is 6.47. The SMILES string of the molecule is O=c1c(/C=C/c2ccc([N+](=O)[O-])cc2)coc2c(Cl)cc(Cl)cc12. The molecule has 3 rings (SSSR count). The van der Waals surface area contributed by atoms with Crippen molar-refractivity contribution in [1.82, 2.24) is 0 Å². The summed E-state index contributed by atoms with van der Waals surface area (Å²) in [6, 6.07) is 8.96. The van der Waals surface area contributed by atoms with Crippen molar-refractivity contribution in [3.63, 3.8) is 0 Å². The molecule has 0 aliphatic rings. The Labute approximate surface area is 145 Å². The molecule has 24 heavy (non-hydrogen) atoms. The summed E-state index contributed by atoms with van der Waals surface area (Å²) in [6.45, 7) is 0. The van der Waals surface area contributed by atoms with Gasteiger partial charge in [-0.25, -0.2) is 0 Å². The van der Waals surface area contributed by atoms with Crippen LogP contribution in [0.4, 0.5) is 5.69 Å². The van der Waals surface area contributed by atoms with Gasteiger partial charge < -0.3 is 4.42 Å². The summed E-state index contributed by atoms with van der Waals surface area (Å²) in [5.74, 6) is 0. The van der Waals surface area contributed by atoms with Crippen molar-refractivity contribution in [3.8, 4) is 0 Å². The highest BCUT2D eigenvalue weighted by Gasteiger charge is 2.10. The maximum absolute atomic E-state index is 12.5. The molecule has 0 amide bonds. The molecule has 7 heteroatoms. The van der Waals surface area contributed by atoms with Gasteiger partial charge in [0.25, 0.3) is 5.69 Å². The first kappa shape index (κ1) is 16.2. The van der Waals surface area contributed by atoms with E-state index in [2.05, 4.69) is 0 Å². The summed E-state index contributed by atoms with van der Waals surface area (Å²) in [5.41, 5.74) is 1.04. The highest BCUT2D eigenvalue weighted by Crippen LogP contribution is 2.26. The highest BCUT2D eigenvalue weighted by atomic mass is 35.5. The lowest BCUT2D eigenvalue weighted by Gasteiger charge is -2.01. The van der Waals surface area contributed by atoms with Crippen molar-refractivity contribution in [1.29, 1.82) is 0 Å². The third kappa shape index (κ3) is 3.18. The Morgan fingerprint density at radius 3 is 2.46 bits per heavy atom. The van der Waals surface area contributed by atoms with Gasteiger partial charge in [-0.2, -0.15) is 0 Å². The molecule has 0 atom stereocenters. The molecule has 3 aromatic rings. The number of non-ortho nitro benzene ring substituents is 1. The van der Waals surface area contributed by atoms with Gasteiger partial charge in [0.1, 0.15) is 6.26 Å². The third-order valence-electron chi connectivity index (χ3n) is 3.38. The molecule has 120 valence electrons. The lowest BCUT2D eigenvalue weighted by Crippen LogP contribution is -2.04. The van der Waals surface area contributed by atoms with Crippen LogP contribution in [0.1, 0.15) is 11.1 Å². The van der Waals surface area contributed by atoms with Crippen LogP contribution < -0.4 is 5.43 Å². The minimum Gasteiger partial charge on any atom is -0.462 e. The Morgan fingerprint density at radius 1 is 1.08 bits per heavy atom. The molecule has 5 nitrogen and oxygen atoms in total. The lowest BCUT2D eigenvalue weighted by atomic mass is 10.1. The van der Waals surface area contributed by atoms with Gasteiger partial charge in [0.2, 0.25) is 0 Å². The van der Waals surface area contributed by atoms with Crippen molar-refractivity contribution >= 4 is 52.0 Å². The molecule has 0 bridgehead atoms. The molecule has 1 aromatic heterocycles. The Balaban J connectivity index is 1.99. The Morgan fingerprint density at radius 2 is 1.79 bits per heavy atom. The van der Waals surface area contributed by atoms with Gasteiger partial charge in [-0.1, -0.05) is 29.3 Å². The topological polar surface area (TPSA) is 73.3 Å². The second-order valence-corrected chi connectivity index (χ2v) is 5.81. The van der Waals surface area contributed by atoms with Gasteiger partial charge in [0, 0.05) is 17.2 Å². The van der Waals surface area contributed by atoms with E-state index in [1.165, 1.54) is 30.5 Å². The van der Waals surface area contributed by atoms with Crippen LogP contribution in [0.25, 0.3) is 23.1 Å². The molecule has 0 radical (unpaired) electrons. The number of nitrogens with zero attached hydrogens (tertiary/aromatic N) is 1. The average Bonchev–Trinajstić information content (AvgIpc) is 2.55. The number of hydrogen-bond donors (Lipinski definition) is 0. The van der Waals surface area contributed by atoms with E-state index in [4.69, 9.17) is 27.6 Å². The minimum atomic E-state index is -0.473. The van der Waals surface area contributed by atoms with Crippen molar-refractivity contribution in [2.45, 2.75) is 0 Å². The van der Waals surface area contributed by atoms with Crippen LogP contribution in [0.15, 0.2) is 51.9 Å². The zero-order valence-electron chi connectivity index (χ0n) is 12.0. The summed E-state index contributed by atoms with van der Waals surface area (Å²) in [7, 11) is 0. The molecule has 0 aliphatic carbocycles. The Bertz CT molecular complexity index is 1020. The van der Waals surface area contributed by atoms with Crippen LogP contribution in [-0.4, -0.2) is 4.92 Å². The molecule has 2 aromatic carbocycles. The number of fused-ring (bicyclic) bond motifs is 1. The zero-order chi connectivity index (χ0) is 17.3. The van der Waals surface area contributed by atoms with Crippen molar-refractivity contribution < 1.29 is 9.34 Å². The van der Waals surface area contributed by atoms with Crippen LogP contribution in [0, 0.1) is 10.1 Å². The third-order valence-corrected chi connectivity index (χ3v) is 3.88. The molecule has 0 saturated heterocycles. The van der Waals surface area contributed by atoms with Crippen molar-refractivity contribution in [2.24, 2.45) is 0 Å². The van der Waals surface area contributed by atoms with Crippen LogP contribution in [0.3, 0.4) is 0 Å². The summed E-state index contributed by atoms with van der Waals surface area (Å²) < 4.78 is 5.42. The molecule has 0 aliphatic heterocycles. The van der Waals surface area contributed by atoms with Gasteiger partial charge in [-0.3, -0.25) is 14.9 Å². The molecule has 0 unspecified atom stereocenters. The Hall–Kier alpha value is -2.63. The van der Waals surface area contributed by atoms with Gasteiger partial charge in [-0.05, 0) is 35.9 Å². The zero-order valence-corrected chi connectivity index (χ0v) is 13.5. The monoisotopic (exact) mass is 361 g/mol. The van der Waals surface area contributed by atoms with Crippen molar-refractivity contribution in [3.05, 3.63) is 84.2 Å². The summed E-state index contributed by atoms with van der Waals surface area (Å²) in [5, 5.41) is 11.5. The molecule has 0 fully saturated rings. The number of halogens is 2. The fourth-order valence-corrected chi connectivity index (χ4v) is 2.73. The van der Waals surface area contributed by atoms with E-state index in [1.807, 2.05) is 0 Å². The van der Waals surface area contributed by atoms with E-state index in [1.54, 1.807) is 24.3 Å². The van der Waals surface area contributed by atoms with E-state index < -0.39 is 4.92 Å². The lowest BCUT2D eigenvalue weighted by molar-refractivity contribution is -0.384. The van der Waals surface area contributed by atoms with Crippen LogP contribution in [-0.2, 0) is 0 Å². The first-order valence-corrected chi connectivity index (χ1v) is 7.54. The summed E-state index contributed by atoms with van der Waals surface area (Å²) in [6.07, 6.45) is 4.54. The number of hydrogen-bond acceptors (Lipinski definition) is 4. The number of rotatable bonds is 3. The van der Waals surface area contributed by atoms with E-state index >= 15 is 0 Å². The molecular formula is C17H9Cl2NO4. The van der Waals surface area contributed by atoms with E-state index in [9.17, 15) is 14.9 Å². The molecule has 1 heterocycles. The van der Waals surface area contributed by atoms with E-state index in [-0.39, 0.29) is 21.7 Å². The first-order chi connectivity index (χ1) is 11.5. The summed E-state index contributed by atoms with van der Waals surface area (Å²) >= 11 is 11.9. The number of nitro benzene ring substituents is 1. The van der Waals surface area contributed by atoms with E-state index in [0.29, 0.717) is 21.5 Å². The first-order valence-electron chi connectivity index (χ1n) is 6.79. The maximum atomic E-state index is 12.5. The predicted octanol–water partition coefficient (Wildman–Crippen LogP) is 5.18. The second-order valence-electron chi connectivity index (χ2n) is 4.97. The van der Waals surface area contributed by atoms with Crippen LogP contribution in [0.5, 0.6) is 0 Å². The molecule has 0 N–H and O–H groups in total. The average molecular weight is 362 g/mol. The Kier molecular flexibility index (Phi) is 4.38. The number of nitro groups is 1. The normalized spacial score (nSPS) is 11.2. The van der Waals surface area contributed by atoms with E-state index in [0.717, 1.165) is 0 Å². The molecule has 0 spiro atoms. The van der Waals surface area contributed by atoms with Crippen molar-refractivity contribution in [2.75, 3.05) is 0 Å². The predicted molar refractivity (Wildman–Crippen MR) is 94.5 cm³/mol. The fourth-order valence-electron chi connectivity index (χ4n) is 2.19. The smallest absolute Gasteiger partial charge is 0.269 e. The fraction of sp³-hybridized carbons (Fsp3) is 0. The van der Waals surface area contributed by atoms with Crippen LogP contribution in [0.2, 0.25) is 10.0 Å². The van der Waals surface area contributed by atoms with Gasteiger partial charge >= 0.3 is 0 Å². The number of benzene rings is 2. The van der Waals surface area contributed by atoms with Gasteiger partial charge in [0.15, 0.2) is 11.0 Å². The molecular weight excluding hydrogens is 353 g/mol. The largest absolute Gasteiger partial charge is 0.462 e. The quantitative estimate of drug-likeness (QED) is 0.475. The standard InChI is InChI=1S/C17H9Cl2NO4/c18-12-7-14-16(21)11(9-24-17(14)15(19)8-12)4-1-10-2-5-13(6-3-10)20(22)23/h1-9H/b4-1+. The maximum Gasteiger partial charge on any atom is 0.269 e. The summed E-state index contributed by atoms with van der Waals surface area (Å²) in [4.78, 5) is 22.6. The van der Waals surface area contributed by atoms with Crippen LogP contribution >= 0.6 is 23.2 Å². The highest BCUT2D eigenvalue weighted by molar-refractivity contribution is 6.38. The molecule has 0 saturated carbocycles. The van der Waals surface area contributed by atoms with Gasteiger partial charge in [0.05, 0.1) is 20.9 Å². The minimum absolute atomic E-state index is 0.00153.